The lowest BCUT2D eigenvalue weighted by atomic mass is 10.0. The molecule has 1 N–H and O–H groups in total. The molecule has 4 aromatic carbocycles. The van der Waals surface area contributed by atoms with Gasteiger partial charge < -0.3 is 10.2 Å². The number of amides is 2. The van der Waals surface area contributed by atoms with Crippen molar-refractivity contribution in [2.75, 3.05) is 10.8 Å². The molecule has 7 nitrogen and oxygen atoms in total. The van der Waals surface area contributed by atoms with E-state index in [0.29, 0.717) is 10.6 Å². The quantitative estimate of drug-likeness (QED) is 0.175. The smallest absolute Gasteiger partial charge is 0.264 e. The Morgan fingerprint density at radius 1 is 0.915 bits per heavy atom. The molecule has 0 saturated heterocycles. The van der Waals surface area contributed by atoms with Gasteiger partial charge in [-0.3, -0.25) is 13.9 Å². The fourth-order valence-corrected chi connectivity index (χ4v) is 7.69. The number of sulfonamides is 1. The second kappa shape index (κ2) is 15.1. The third-order valence-corrected chi connectivity index (χ3v) is 10.6. The van der Waals surface area contributed by atoms with Crippen LogP contribution in [0.2, 0.25) is 5.02 Å². The molecule has 1 fully saturated rings. The van der Waals surface area contributed by atoms with Gasteiger partial charge in [0.1, 0.15) is 18.4 Å². The van der Waals surface area contributed by atoms with E-state index in [1.54, 1.807) is 55.5 Å². The van der Waals surface area contributed by atoms with Gasteiger partial charge in [-0.2, -0.15) is 0 Å². The predicted molar refractivity (Wildman–Crippen MR) is 183 cm³/mol. The molecule has 0 radical (unpaired) electrons. The van der Waals surface area contributed by atoms with Crippen molar-refractivity contribution >= 4 is 39.1 Å². The first-order valence-electron chi connectivity index (χ1n) is 15.8. The number of hydrogen-bond donors (Lipinski definition) is 1. The highest BCUT2D eigenvalue weighted by atomic mass is 35.5. The molecule has 47 heavy (non-hydrogen) atoms. The average Bonchev–Trinajstić information content (AvgIpc) is 3.56. The molecule has 2 amide bonds. The molecule has 5 rings (SSSR count). The fraction of sp³-hybridized carbons (Fsp3) is 0.297. The molecule has 4 aromatic rings. The molecule has 0 aliphatic heterocycles. The summed E-state index contributed by atoms with van der Waals surface area (Å²) in [7, 11) is -4.27. The van der Waals surface area contributed by atoms with Crippen LogP contribution in [-0.2, 0) is 32.6 Å². The third kappa shape index (κ3) is 8.39. The number of benzene rings is 4. The minimum atomic E-state index is -4.27. The summed E-state index contributed by atoms with van der Waals surface area (Å²) in [5.41, 5.74) is 2.71. The van der Waals surface area contributed by atoms with Gasteiger partial charge in [-0.15, -0.1) is 0 Å². The summed E-state index contributed by atoms with van der Waals surface area (Å²) >= 11 is 6.23. The second-order valence-corrected chi connectivity index (χ2v) is 14.4. The van der Waals surface area contributed by atoms with Gasteiger partial charge >= 0.3 is 0 Å². The van der Waals surface area contributed by atoms with Gasteiger partial charge in [0.05, 0.1) is 10.6 Å². The van der Waals surface area contributed by atoms with Crippen molar-refractivity contribution in [2.24, 2.45) is 0 Å². The number of halogens is 2. The Kier molecular flexibility index (Phi) is 11.0. The first kappa shape index (κ1) is 34.1. The molecule has 246 valence electrons. The van der Waals surface area contributed by atoms with E-state index in [-0.39, 0.29) is 41.1 Å². The number of anilines is 1. The largest absolute Gasteiger partial charge is 0.352 e. The van der Waals surface area contributed by atoms with E-state index in [2.05, 4.69) is 5.32 Å². The van der Waals surface area contributed by atoms with Crippen LogP contribution in [0.25, 0.3) is 0 Å². The Balaban J connectivity index is 1.59. The van der Waals surface area contributed by atoms with Gasteiger partial charge in [-0.05, 0) is 74.2 Å². The van der Waals surface area contributed by atoms with E-state index < -0.39 is 34.3 Å². The van der Waals surface area contributed by atoms with Crippen molar-refractivity contribution < 1.29 is 22.4 Å². The zero-order valence-corrected chi connectivity index (χ0v) is 28.1. The maximum absolute atomic E-state index is 15.1. The molecule has 0 unspecified atom stereocenters. The molecule has 0 aromatic heterocycles. The van der Waals surface area contributed by atoms with Crippen molar-refractivity contribution in [1.29, 1.82) is 0 Å². The van der Waals surface area contributed by atoms with E-state index >= 15 is 4.39 Å². The lowest BCUT2D eigenvalue weighted by molar-refractivity contribution is -0.140. The summed E-state index contributed by atoms with van der Waals surface area (Å²) in [6.07, 6.45) is 3.83. The normalized spacial score (nSPS) is 14.0. The summed E-state index contributed by atoms with van der Waals surface area (Å²) in [5, 5.41) is 3.54. The Labute approximate surface area is 281 Å². The zero-order valence-electron chi connectivity index (χ0n) is 26.5. The SMILES string of the molecule is Cc1ccc(S(=O)(=O)N(CC(=O)N(Cc2ccccc2F)[C@H](Cc2ccccc2)C(=O)NC2CCCC2)c2ccc(Cl)cc2C)cc1. The first-order valence-corrected chi connectivity index (χ1v) is 17.6. The van der Waals surface area contributed by atoms with Gasteiger partial charge in [0.15, 0.2) is 0 Å². The summed E-state index contributed by atoms with van der Waals surface area (Å²) in [6, 6.07) is 25.4. The molecule has 0 bridgehead atoms. The number of carbonyl (C=O) groups excluding carboxylic acids is 2. The predicted octanol–water partition coefficient (Wildman–Crippen LogP) is 6.99. The molecule has 1 saturated carbocycles. The highest BCUT2D eigenvalue weighted by Gasteiger charge is 2.36. The molecule has 10 heteroatoms. The minimum Gasteiger partial charge on any atom is -0.352 e. The zero-order chi connectivity index (χ0) is 33.6. The maximum atomic E-state index is 15.1. The van der Waals surface area contributed by atoms with E-state index in [4.69, 9.17) is 11.6 Å². The van der Waals surface area contributed by atoms with Gasteiger partial charge in [-0.1, -0.05) is 90.7 Å². The van der Waals surface area contributed by atoms with Crippen LogP contribution in [0.5, 0.6) is 0 Å². The van der Waals surface area contributed by atoms with Crippen molar-refractivity contribution in [3.63, 3.8) is 0 Å². The number of nitrogens with one attached hydrogen (secondary N) is 1. The topological polar surface area (TPSA) is 86.8 Å². The van der Waals surface area contributed by atoms with Crippen LogP contribution in [0, 0.1) is 19.7 Å². The van der Waals surface area contributed by atoms with Crippen LogP contribution in [0.3, 0.4) is 0 Å². The molecular formula is C37H39ClFN3O4S. The van der Waals surface area contributed by atoms with Crippen LogP contribution in [0.15, 0.2) is 102 Å². The Hall–Kier alpha value is -4.21. The van der Waals surface area contributed by atoms with Gasteiger partial charge in [0.2, 0.25) is 11.8 Å². The number of aryl methyl sites for hydroxylation is 2. The Morgan fingerprint density at radius 3 is 2.23 bits per heavy atom. The highest BCUT2D eigenvalue weighted by Crippen LogP contribution is 2.30. The highest BCUT2D eigenvalue weighted by molar-refractivity contribution is 7.92. The van der Waals surface area contributed by atoms with E-state index in [9.17, 15) is 18.0 Å². The molecule has 0 heterocycles. The summed E-state index contributed by atoms with van der Waals surface area (Å²) in [5.74, 6) is -1.54. The number of hydrogen-bond acceptors (Lipinski definition) is 4. The summed E-state index contributed by atoms with van der Waals surface area (Å²) < 4.78 is 44.7. The van der Waals surface area contributed by atoms with Crippen molar-refractivity contribution in [3.8, 4) is 0 Å². The van der Waals surface area contributed by atoms with Crippen LogP contribution in [0.1, 0.15) is 47.9 Å². The van der Waals surface area contributed by atoms with E-state index in [0.717, 1.165) is 41.1 Å². The second-order valence-electron chi connectivity index (χ2n) is 12.1. The van der Waals surface area contributed by atoms with Crippen LogP contribution < -0.4 is 9.62 Å². The molecule has 1 aliphatic carbocycles. The van der Waals surface area contributed by atoms with Crippen molar-refractivity contribution in [1.82, 2.24) is 10.2 Å². The Morgan fingerprint density at radius 2 is 1.57 bits per heavy atom. The monoisotopic (exact) mass is 675 g/mol. The average molecular weight is 676 g/mol. The Bertz CT molecular complexity index is 1810. The summed E-state index contributed by atoms with van der Waals surface area (Å²) in [6.45, 7) is 2.70. The first-order chi connectivity index (χ1) is 22.5. The van der Waals surface area contributed by atoms with E-state index in [1.165, 1.54) is 23.1 Å². The van der Waals surface area contributed by atoms with Gasteiger partial charge in [-0.25, -0.2) is 12.8 Å². The minimum absolute atomic E-state index is 0.00529. The van der Waals surface area contributed by atoms with E-state index in [1.807, 2.05) is 37.3 Å². The van der Waals surface area contributed by atoms with Gasteiger partial charge in [0.25, 0.3) is 10.0 Å². The van der Waals surface area contributed by atoms with Crippen LogP contribution in [-0.4, -0.2) is 43.8 Å². The molecule has 1 aliphatic rings. The van der Waals surface area contributed by atoms with Crippen LogP contribution in [0.4, 0.5) is 10.1 Å². The van der Waals surface area contributed by atoms with Crippen LogP contribution >= 0.6 is 11.6 Å². The van der Waals surface area contributed by atoms with Gasteiger partial charge in [0, 0.05) is 29.6 Å². The molecular weight excluding hydrogens is 637 g/mol. The number of carbonyl (C=O) groups is 2. The third-order valence-electron chi connectivity index (χ3n) is 8.59. The standard InChI is InChI=1S/C37H39ClFN3O4S/c1-26-16-19-32(20-17-26)47(45,46)42(34-21-18-30(38)22-27(34)2)25-36(43)41(24-29-12-6-9-15-33(29)39)35(23-28-10-4-3-5-11-28)37(44)40-31-13-7-8-14-31/h3-6,9-12,15-22,31,35H,7-8,13-14,23-25H2,1-2H3,(H,40,44)/t35-/m1/s1. The lowest BCUT2D eigenvalue weighted by Gasteiger charge is -2.34. The number of nitrogens with zero attached hydrogens (tertiary/aromatic N) is 2. The number of rotatable bonds is 12. The lowest BCUT2D eigenvalue weighted by Crippen LogP contribution is -2.54. The maximum Gasteiger partial charge on any atom is 0.264 e. The molecule has 0 spiro atoms. The molecule has 1 atom stereocenters. The summed E-state index contributed by atoms with van der Waals surface area (Å²) in [4.78, 5) is 30.0. The fourth-order valence-electron chi connectivity index (χ4n) is 5.98. The van der Waals surface area contributed by atoms with Crippen molar-refractivity contribution in [2.45, 2.75) is 69.5 Å². The van der Waals surface area contributed by atoms with Crippen molar-refractivity contribution in [3.05, 3.63) is 130 Å².